The molecule has 18 nitrogen and oxygen atoms in total. The van der Waals surface area contributed by atoms with Crippen LogP contribution >= 0.6 is 7.82 Å². The number of unbranched alkanes of at least 4 members (excludes halogenated alkanes) is 21. The molecule has 66 heavy (non-hydrogen) atoms. The number of phosphoric acid groups is 1. The Kier molecular flexibility index (Phi) is 32.5. The maximum atomic E-state index is 13.4. The molecule has 0 aromatic rings. The second kappa shape index (κ2) is 35.5. The second-order valence-corrected chi connectivity index (χ2v) is 19.4. The summed E-state index contributed by atoms with van der Waals surface area (Å²) in [4.78, 5) is 36.5. The van der Waals surface area contributed by atoms with Gasteiger partial charge in [0.25, 0.3) is 0 Å². The molecule has 1 heterocycles. The van der Waals surface area contributed by atoms with Crippen molar-refractivity contribution in [3.63, 3.8) is 0 Å². The molecule has 2 fully saturated rings. The van der Waals surface area contributed by atoms with Crippen LogP contribution in [0.15, 0.2) is 12.2 Å². The zero-order valence-corrected chi connectivity index (χ0v) is 40.6. The number of esters is 2. The van der Waals surface area contributed by atoms with E-state index in [1.807, 2.05) is 0 Å². The van der Waals surface area contributed by atoms with Gasteiger partial charge in [0, 0.05) is 12.8 Å². The van der Waals surface area contributed by atoms with Crippen molar-refractivity contribution < 1.29 is 87.9 Å². The minimum Gasteiger partial charge on any atom is -0.462 e. The van der Waals surface area contributed by atoms with Crippen LogP contribution < -0.4 is 0 Å². The van der Waals surface area contributed by atoms with Crippen molar-refractivity contribution >= 4 is 19.8 Å². The second-order valence-electron chi connectivity index (χ2n) is 18.0. The van der Waals surface area contributed by atoms with Gasteiger partial charge in [0.1, 0.15) is 67.6 Å². The lowest BCUT2D eigenvalue weighted by atomic mass is 9.84. The Morgan fingerprint density at radius 1 is 0.561 bits per heavy atom. The molecule has 0 aromatic heterocycles. The first-order valence-corrected chi connectivity index (χ1v) is 26.5. The third-order valence-electron chi connectivity index (χ3n) is 12.2. The molecule has 1 aliphatic heterocycles. The van der Waals surface area contributed by atoms with Crippen LogP contribution in [0.2, 0.25) is 0 Å². The van der Waals surface area contributed by atoms with Gasteiger partial charge >= 0.3 is 19.8 Å². The number of aliphatic hydroxyl groups is 8. The maximum absolute atomic E-state index is 13.4. The fourth-order valence-electron chi connectivity index (χ4n) is 8.05. The van der Waals surface area contributed by atoms with Crippen LogP contribution in [-0.2, 0) is 42.1 Å². The van der Waals surface area contributed by atoms with E-state index in [0.29, 0.717) is 12.8 Å². The molecule has 0 radical (unpaired) electrons. The van der Waals surface area contributed by atoms with Crippen LogP contribution in [0.3, 0.4) is 0 Å². The van der Waals surface area contributed by atoms with E-state index in [4.69, 9.17) is 28.0 Å². The summed E-state index contributed by atoms with van der Waals surface area (Å²) in [5.74, 6) is -1.23. The topological polar surface area (TPSA) is 289 Å². The molecule has 1 aliphatic carbocycles. The van der Waals surface area contributed by atoms with Gasteiger partial charge in [-0.3, -0.25) is 18.6 Å². The molecule has 1 saturated heterocycles. The van der Waals surface area contributed by atoms with E-state index in [0.717, 1.165) is 51.4 Å². The summed E-state index contributed by atoms with van der Waals surface area (Å²) in [5.41, 5.74) is 0. The zero-order chi connectivity index (χ0) is 48.7. The van der Waals surface area contributed by atoms with Crippen molar-refractivity contribution in [2.75, 3.05) is 19.8 Å². The van der Waals surface area contributed by atoms with Crippen molar-refractivity contribution in [2.24, 2.45) is 0 Å². The Morgan fingerprint density at radius 2 is 1.00 bits per heavy atom. The average molecular weight is 971 g/mol. The number of ether oxygens (including phenoxy) is 4. The molecule has 13 unspecified atom stereocenters. The number of hydrogen-bond acceptors (Lipinski definition) is 17. The first-order valence-electron chi connectivity index (χ1n) is 25.0. The molecule has 2 aliphatic rings. The van der Waals surface area contributed by atoms with Crippen LogP contribution in [-0.4, -0.2) is 151 Å². The predicted molar refractivity (Wildman–Crippen MR) is 245 cm³/mol. The Morgan fingerprint density at radius 3 is 1.52 bits per heavy atom. The van der Waals surface area contributed by atoms with Crippen LogP contribution in [0.1, 0.15) is 181 Å². The lowest BCUT2D eigenvalue weighted by molar-refractivity contribution is -0.338. The minimum atomic E-state index is -5.37. The summed E-state index contributed by atoms with van der Waals surface area (Å²) in [5, 5.41) is 82.9. The largest absolute Gasteiger partial charge is 0.472 e. The van der Waals surface area contributed by atoms with E-state index in [2.05, 4.69) is 26.0 Å². The zero-order valence-electron chi connectivity index (χ0n) is 39.7. The first kappa shape index (κ1) is 60.5. The number of phosphoric ester groups is 1. The fraction of sp³-hybridized carbons (Fsp3) is 0.915. The van der Waals surface area contributed by atoms with Crippen molar-refractivity contribution in [3.05, 3.63) is 12.2 Å². The average Bonchev–Trinajstić information content (AvgIpc) is 3.29. The van der Waals surface area contributed by atoms with Gasteiger partial charge in [-0.2, -0.15) is 0 Å². The lowest BCUT2D eigenvalue weighted by Crippen LogP contribution is -2.67. The molecule has 0 amide bonds. The molecule has 388 valence electrons. The van der Waals surface area contributed by atoms with Crippen molar-refractivity contribution in [1.29, 1.82) is 0 Å². The molecular weight excluding hydrogens is 883 g/mol. The van der Waals surface area contributed by atoms with Crippen LogP contribution in [0.25, 0.3) is 0 Å². The molecule has 0 spiro atoms. The number of aliphatic hydroxyl groups excluding tert-OH is 8. The number of carbonyl (C=O) groups excluding carboxylic acids is 2. The van der Waals surface area contributed by atoms with Gasteiger partial charge in [0.2, 0.25) is 0 Å². The number of rotatable bonds is 38. The van der Waals surface area contributed by atoms with Crippen LogP contribution in [0, 0.1) is 0 Å². The van der Waals surface area contributed by atoms with Crippen molar-refractivity contribution in [3.8, 4) is 0 Å². The number of allylic oxidation sites excluding steroid dienone is 2. The molecule has 0 bridgehead atoms. The van der Waals surface area contributed by atoms with Gasteiger partial charge in [-0.1, -0.05) is 142 Å². The van der Waals surface area contributed by atoms with Gasteiger partial charge in [0.15, 0.2) is 12.4 Å². The highest BCUT2D eigenvalue weighted by molar-refractivity contribution is 7.47. The summed E-state index contributed by atoms with van der Waals surface area (Å²) >= 11 is 0. The molecular formula is C47H87O18P. The van der Waals surface area contributed by atoms with E-state index < -0.39 is 113 Å². The summed E-state index contributed by atoms with van der Waals surface area (Å²) in [6.07, 6.45) is 7.32. The van der Waals surface area contributed by atoms with E-state index in [9.17, 15) is 59.9 Å². The van der Waals surface area contributed by atoms with E-state index in [1.54, 1.807) is 0 Å². The summed E-state index contributed by atoms with van der Waals surface area (Å²) < 4.78 is 45.4. The Labute approximate surface area is 393 Å². The highest BCUT2D eigenvalue weighted by Gasteiger charge is 2.55. The van der Waals surface area contributed by atoms with E-state index in [1.165, 1.54) is 89.9 Å². The van der Waals surface area contributed by atoms with Crippen molar-refractivity contribution in [2.45, 2.75) is 254 Å². The first-order chi connectivity index (χ1) is 31.7. The highest BCUT2D eigenvalue weighted by Crippen LogP contribution is 2.48. The number of carbonyl (C=O) groups is 2. The Hall–Kier alpha value is -1.61. The quantitative estimate of drug-likeness (QED) is 0.0164. The molecule has 1 saturated carbocycles. The van der Waals surface area contributed by atoms with Crippen LogP contribution in [0.5, 0.6) is 0 Å². The SMILES string of the molecule is CCCCCCCC/C=C\CCCCCC(=O)OCC(COP(=O)(O)OC1C(O)C(O)C(O)C(O)C1OC1OC(CO)C(O)C(O)C1O)OC(=O)CCCCCCCCCCCCCCC. The Balaban J connectivity index is 1.97. The molecule has 9 N–H and O–H groups in total. The Bertz CT molecular complexity index is 1340. The normalized spacial score (nSPS) is 28.3. The van der Waals surface area contributed by atoms with E-state index in [-0.39, 0.29) is 12.8 Å². The van der Waals surface area contributed by atoms with Gasteiger partial charge in [-0.05, 0) is 38.5 Å². The summed E-state index contributed by atoms with van der Waals surface area (Å²) in [7, 11) is -5.37. The predicted octanol–water partition coefficient (Wildman–Crippen LogP) is 5.32. The van der Waals surface area contributed by atoms with Gasteiger partial charge in [-0.25, -0.2) is 4.57 Å². The monoisotopic (exact) mass is 971 g/mol. The summed E-state index contributed by atoms with van der Waals surface area (Å²) in [6.45, 7) is 2.20. The van der Waals surface area contributed by atoms with E-state index >= 15 is 0 Å². The van der Waals surface area contributed by atoms with Gasteiger partial charge < -0.3 is 64.7 Å². The highest BCUT2D eigenvalue weighted by atomic mass is 31.2. The third kappa shape index (κ3) is 24.3. The number of hydrogen-bond donors (Lipinski definition) is 9. The maximum Gasteiger partial charge on any atom is 0.472 e. The molecule has 0 aromatic carbocycles. The van der Waals surface area contributed by atoms with Gasteiger partial charge in [0.05, 0.1) is 13.2 Å². The molecule has 2 rings (SSSR count). The molecule has 19 heteroatoms. The summed E-state index contributed by atoms with van der Waals surface area (Å²) in [6, 6.07) is 0. The van der Waals surface area contributed by atoms with Crippen molar-refractivity contribution in [1.82, 2.24) is 0 Å². The smallest absolute Gasteiger partial charge is 0.462 e. The lowest BCUT2D eigenvalue weighted by Gasteiger charge is -2.47. The minimum absolute atomic E-state index is 0.0340. The van der Waals surface area contributed by atoms with Gasteiger partial charge in [-0.15, -0.1) is 0 Å². The third-order valence-corrected chi connectivity index (χ3v) is 13.2. The molecule has 13 atom stereocenters. The standard InChI is InChI=1S/C47H87O18P/c1-3-5-7-9-11-13-15-17-19-21-23-25-27-29-36(49)60-32-34(62-37(50)30-28-26-24-22-20-18-16-14-12-10-8-6-4-2)33-61-66(58,59)65-46-43(56)41(54)40(53)42(55)45(46)64-47-44(57)39(52)38(51)35(31-48)63-47/h17,19,34-35,38-48,51-57H,3-16,18,20-33H2,1-2H3,(H,58,59)/b19-17-. The fourth-order valence-corrected chi connectivity index (χ4v) is 9.02. The van der Waals surface area contributed by atoms with Crippen LogP contribution in [0.4, 0.5) is 0 Å².